The van der Waals surface area contributed by atoms with E-state index >= 15 is 0 Å². The summed E-state index contributed by atoms with van der Waals surface area (Å²) in [6.45, 7) is 24.3. The van der Waals surface area contributed by atoms with Crippen molar-refractivity contribution in [2.45, 2.75) is 114 Å². The third-order valence-electron chi connectivity index (χ3n) is 6.65. The van der Waals surface area contributed by atoms with Crippen molar-refractivity contribution in [3.63, 3.8) is 0 Å². The lowest BCUT2D eigenvalue weighted by molar-refractivity contribution is -0.00733. The van der Waals surface area contributed by atoms with Gasteiger partial charge in [-0.3, -0.25) is 0 Å². The molecule has 0 bridgehead atoms. The number of hydrogen-bond donors (Lipinski definition) is 0. The van der Waals surface area contributed by atoms with Gasteiger partial charge in [0.2, 0.25) is 0 Å². The minimum Gasteiger partial charge on any atom is -0.376 e. The lowest BCUT2D eigenvalue weighted by Crippen LogP contribution is -2.23. The van der Waals surface area contributed by atoms with Crippen molar-refractivity contribution in [1.29, 1.82) is 0 Å². The Morgan fingerprint density at radius 1 is 0.535 bits per heavy atom. The second kappa shape index (κ2) is 24.3. The second-order valence-corrected chi connectivity index (χ2v) is 12.3. The van der Waals surface area contributed by atoms with Gasteiger partial charge >= 0.3 is 0 Å². The van der Waals surface area contributed by atoms with Gasteiger partial charge in [-0.05, 0) is 108 Å². The fraction of sp³-hybridized carbons (Fsp3) is 0.429. The molecule has 0 radical (unpaired) electrons. The van der Waals surface area contributed by atoms with Crippen molar-refractivity contribution in [1.82, 2.24) is 0 Å². The smallest absolute Gasteiger partial charge is 0.0660 e. The lowest BCUT2D eigenvalue weighted by atomic mass is 10.0. The summed E-state index contributed by atoms with van der Waals surface area (Å²) < 4.78 is 5.74. The van der Waals surface area contributed by atoms with E-state index in [1.807, 2.05) is 6.92 Å². The van der Waals surface area contributed by atoms with Crippen LogP contribution in [0.3, 0.4) is 0 Å². The van der Waals surface area contributed by atoms with E-state index in [9.17, 15) is 0 Å². The van der Waals surface area contributed by atoms with Crippen LogP contribution in [0.15, 0.2) is 142 Å². The molecule has 0 aliphatic heterocycles. The van der Waals surface area contributed by atoms with E-state index in [0.29, 0.717) is 0 Å². The van der Waals surface area contributed by atoms with E-state index in [0.717, 1.165) is 38.7 Å². The average molecular weight is 583 g/mol. The standard InChI is InChI=1S/C42H62O/c1-12-43-42(10,11)34-20-33-41(9)32-19-31-40(8)29-17-26-37(5)23-14-13-22-36(4)25-16-28-39(7)30-18-27-38(6)24-15-21-35(2)3/h13-14,16-17,19-23,25-29,31-33H,12,15,18,24,30,34H2,1-11H3/b14-13+,25-16+,26-17+,31-19+,33-20+,36-22+,37-23+,38-27+,39-28+,40-29+,41-32+. The van der Waals surface area contributed by atoms with E-state index in [1.165, 1.54) is 39.0 Å². The molecule has 1 nitrogen and oxygen atoms in total. The molecule has 0 amide bonds. The molecule has 0 spiro atoms. The topological polar surface area (TPSA) is 9.23 Å². The van der Waals surface area contributed by atoms with Gasteiger partial charge in [0.05, 0.1) is 5.60 Å². The summed E-state index contributed by atoms with van der Waals surface area (Å²) in [4.78, 5) is 0. The zero-order chi connectivity index (χ0) is 32.5. The Hall–Kier alpha value is -3.16. The van der Waals surface area contributed by atoms with Crippen LogP contribution < -0.4 is 0 Å². The molecule has 0 aliphatic carbocycles. The third-order valence-corrected chi connectivity index (χ3v) is 6.65. The fourth-order valence-corrected chi connectivity index (χ4v) is 4.00. The summed E-state index contributed by atoms with van der Waals surface area (Å²) in [5.74, 6) is 0. The molecule has 0 unspecified atom stereocenters. The first-order chi connectivity index (χ1) is 20.3. The van der Waals surface area contributed by atoms with Gasteiger partial charge in [0.1, 0.15) is 0 Å². The van der Waals surface area contributed by atoms with Gasteiger partial charge in [-0.25, -0.2) is 0 Å². The molecule has 0 aromatic rings. The summed E-state index contributed by atoms with van der Waals surface area (Å²) in [7, 11) is 0. The van der Waals surface area contributed by atoms with Crippen LogP contribution in [-0.4, -0.2) is 12.2 Å². The Morgan fingerprint density at radius 2 is 0.977 bits per heavy atom. The molecule has 0 aromatic carbocycles. The average Bonchev–Trinajstić information content (AvgIpc) is 2.90. The summed E-state index contributed by atoms with van der Waals surface area (Å²) in [6, 6.07) is 0. The van der Waals surface area contributed by atoms with Crippen molar-refractivity contribution in [2.24, 2.45) is 0 Å². The van der Waals surface area contributed by atoms with Gasteiger partial charge in [-0.2, -0.15) is 0 Å². The third kappa shape index (κ3) is 26.2. The molecule has 0 aromatic heterocycles. The second-order valence-electron chi connectivity index (χ2n) is 12.3. The van der Waals surface area contributed by atoms with Crippen LogP contribution in [0.2, 0.25) is 0 Å². The molecule has 0 saturated carbocycles. The first-order valence-electron chi connectivity index (χ1n) is 16.0. The predicted molar refractivity (Wildman–Crippen MR) is 196 cm³/mol. The van der Waals surface area contributed by atoms with Crippen LogP contribution in [0.25, 0.3) is 0 Å². The molecular weight excluding hydrogens is 520 g/mol. The number of allylic oxidation sites excluding steroid dienone is 23. The van der Waals surface area contributed by atoms with Gasteiger partial charge in [-0.1, -0.05) is 142 Å². The molecule has 236 valence electrons. The van der Waals surface area contributed by atoms with E-state index < -0.39 is 0 Å². The summed E-state index contributed by atoms with van der Waals surface area (Å²) >= 11 is 0. The zero-order valence-corrected chi connectivity index (χ0v) is 29.5. The lowest BCUT2D eigenvalue weighted by Gasteiger charge is -2.22. The Morgan fingerprint density at radius 3 is 1.49 bits per heavy atom. The molecule has 43 heavy (non-hydrogen) atoms. The minimum atomic E-state index is -0.109. The van der Waals surface area contributed by atoms with E-state index in [-0.39, 0.29) is 5.60 Å². The van der Waals surface area contributed by atoms with Crippen LogP contribution in [0.4, 0.5) is 0 Å². The maximum Gasteiger partial charge on any atom is 0.0660 e. The van der Waals surface area contributed by atoms with E-state index in [1.54, 1.807) is 0 Å². The van der Waals surface area contributed by atoms with Gasteiger partial charge in [0, 0.05) is 6.61 Å². The number of hydrogen-bond acceptors (Lipinski definition) is 1. The molecular formula is C42H62O. The van der Waals surface area contributed by atoms with Crippen LogP contribution in [0, 0.1) is 0 Å². The highest BCUT2D eigenvalue weighted by Gasteiger charge is 2.14. The largest absolute Gasteiger partial charge is 0.376 e. The van der Waals surface area contributed by atoms with Gasteiger partial charge in [0.15, 0.2) is 0 Å². The van der Waals surface area contributed by atoms with Crippen molar-refractivity contribution in [3.05, 3.63) is 142 Å². The monoisotopic (exact) mass is 582 g/mol. The highest BCUT2D eigenvalue weighted by atomic mass is 16.5. The highest BCUT2D eigenvalue weighted by molar-refractivity contribution is 5.32. The molecule has 0 aliphatic rings. The maximum absolute atomic E-state index is 5.74. The first-order valence-corrected chi connectivity index (χ1v) is 16.0. The first kappa shape index (κ1) is 39.8. The Kier molecular flexibility index (Phi) is 22.5. The van der Waals surface area contributed by atoms with Crippen LogP contribution in [0.5, 0.6) is 0 Å². The SMILES string of the molecule is CCOC(C)(C)C/C=C/C(C)=C/C=C/C(C)=C/C=C/C(C)=C/C=C/C=C(C)/C=C/C=C(\C)CC/C=C(\C)CCC=C(C)C. The van der Waals surface area contributed by atoms with Crippen LogP contribution >= 0.6 is 0 Å². The van der Waals surface area contributed by atoms with Gasteiger partial charge < -0.3 is 4.74 Å². The summed E-state index contributed by atoms with van der Waals surface area (Å²) in [5, 5.41) is 0. The molecule has 0 N–H and O–H groups in total. The van der Waals surface area contributed by atoms with Crippen molar-refractivity contribution in [2.75, 3.05) is 6.61 Å². The quantitative estimate of drug-likeness (QED) is 0.109. The van der Waals surface area contributed by atoms with Crippen molar-refractivity contribution < 1.29 is 4.74 Å². The van der Waals surface area contributed by atoms with Crippen molar-refractivity contribution in [3.8, 4) is 0 Å². The fourth-order valence-electron chi connectivity index (χ4n) is 4.00. The van der Waals surface area contributed by atoms with E-state index in [2.05, 4.69) is 173 Å². The Bertz CT molecular complexity index is 1170. The molecule has 0 rings (SSSR count). The van der Waals surface area contributed by atoms with Gasteiger partial charge in [0.25, 0.3) is 0 Å². The Balaban J connectivity index is 4.67. The van der Waals surface area contributed by atoms with E-state index in [4.69, 9.17) is 4.74 Å². The highest BCUT2D eigenvalue weighted by Crippen LogP contribution is 2.15. The zero-order valence-electron chi connectivity index (χ0n) is 29.5. The number of ether oxygens (including phenoxy) is 1. The van der Waals surface area contributed by atoms with Crippen LogP contribution in [0.1, 0.15) is 108 Å². The maximum atomic E-state index is 5.74. The molecule has 0 fully saturated rings. The van der Waals surface area contributed by atoms with Crippen molar-refractivity contribution >= 4 is 0 Å². The normalized spacial score (nSPS) is 15.4. The minimum absolute atomic E-state index is 0.109. The molecule has 0 saturated heterocycles. The molecule has 0 atom stereocenters. The summed E-state index contributed by atoms with van der Waals surface area (Å²) in [5.41, 5.74) is 9.08. The van der Waals surface area contributed by atoms with Gasteiger partial charge in [-0.15, -0.1) is 0 Å². The number of rotatable bonds is 19. The molecule has 0 heterocycles. The predicted octanol–water partition coefficient (Wildman–Crippen LogP) is 13.2. The Labute approximate surface area is 267 Å². The van der Waals surface area contributed by atoms with Crippen LogP contribution in [-0.2, 0) is 4.74 Å². The summed E-state index contributed by atoms with van der Waals surface area (Å²) in [6.07, 6.45) is 42.3. The molecule has 1 heteroatoms.